The summed E-state index contributed by atoms with van der Waals surface area (Å²) in [6.45, 7) is 18.7. The normalized spacial score (nSPS) is 53.9. The van der Waals surface area contributed by atoms with Crippen LogP contribution in [-0.2, 0) is 18.9 Å². The lowest BCUT2D eigenvalue weighted by Crippen LogP contribution is -2.60. The van der Waals surface area contributed by atoms with E-state index in [2.05, 4.69) is 53.8 Å². The molecule has 0 radical (unpaired) electrons. The summed E-state index contributed by atoms with van der Waals surface area (Å²) in [4.78, 5) is 11.8. The Balaban J connectivity index is 1.16. The van der Waals surface area contributed by atoms with Gasteiger partial charge in [-0.05, 0) is 103 Å². The summed E-state index contributed by atoms with van der Waals surface area (Å²) >= 11 is 0. The number of carbonyl (C=O) groups is 1. The Morgan fingerprint density at radius 2 is 1.77 bits per heavy atom. The maximum atomic E-state index is 12.5. The van der Waals surface area contributed by atoms with E-state index in [0.717, 1.165) is 39.0 Å². The first-order chi connectivity index (χ1) is 20.2. The Kier molecular flexibility index (Phi) is 7.17. The number of aliphatic hydroxyl groups excluding tert-OH is 1. The predicted molar refractivity (Wildman–Crippen MR) is 163 cm³/mol. The lowest BCUT2D eigenvalue weighted by atomic mass is 9.41. The van der Waals surface area contributed by atoms with Crippen molar-refractivity contribution < 1.29 is 28.8 Å². The number of nitrogens with one attached hydrogen (secondary N) is 1. The zero-order valence-corrected chi connectivity index (χ0v) is 27.7. The predicted octanol–water partition coefficient (Wildman–Crippen LogP) is 5.25. The van der Waals surface area contributed by atoms with Crippen LogP contribution in [0.4, 0.5) is 4.79 Å². The van der Waals surface area contributed by atoms with Crippen LogP contribution >= 0.6 is 0 Å². The van der Waals surface area contributed by atoms with E-state index in [1.165, 1.54) is 32.1 Å². The molecule has 8 heteroatoms. The molecule has 0 bridgehead atoms. The summed E-state index contributed by atoms with van der Waals surface area (Å²) in [5, 5.41) is 15.9. The van der Waals surface area contributed by atoms with Gasteiger partial charge in [-0.2, -0.15) is 0 Å². The highest BCUT2D eigenvalue weighted by atomic mass is 16.7. The van der Waals surface area contributed by atoms with Gasteiger partial charge in [0.25, 0.3) is 0 Å². The molecule has 2 aliphatic heterocycles. The molecule has 0 aromatic rings. The zero-order chi connectivity index (χ0) is 30.7. The quantitative estimate of drug-likeness (QED) is 0.394. The lowest BCUT2D eigenvalue weighted by Gasteiger charge is -2.63. The van der Waals surface area contributed by atoms with Gasteiger partial charge in [0.1, 0.15) is 6.10 Å². The Bertz CT molecular complexity index is 1110. The van der Waals surface area contributed by atoms with Crippen LogP contribution in [0.25, 0.3) is 0 Å². The number of rotatable bonds is 5. The standard InChI is InChI=1S/C35H58N2O6/c1-19(2)27(43-30(36)39)21-16-20(3)26-28(41-21)29(38)33(7)23-9-8-22-31(4,5)24(42-25-17-37-14-15-40-25)10-11-34(22)18-35(23,34)13-12-32(26,33)6/h19-29,37-38H,8-18H2,1-7H3,(H2,36,39)/t20-,21?,22+,23+,24?,25+,26+,27-,28?,29+,32-,33-,34-,35+/m1/s1. The van der Waals surface area contributed by atoms with Gasteiger partial charge in [-0.25, -0.2) is 4.79 Å². The molecule has 43 heavy (non-hydrogen) atoms. The molecule has 2 spiro atoms. The third kappa shape index (κ3) is 4.01. The molecule has 0 aromatic heterocycles. The fraction of sp³-hybridized carbons (Fsp3) is 0.971. The molecule has 14 atom stereocenters. The molecular formula is C35H58N2O6. The van der Waals surface area contributed by atoms with Crippen LogP contribution in [0.2, 0.25) is 0 Å². The topological polar surface area (TPSA) is 112 Å². The van der Waals surface area contributed by atoms with Crippen LogP contribution < -0.4 is 11.1 Å². The average molecular weight is 603 g/mol. The summed E-state index contributed by atoms with van der Waals surface area (Å²) in [7, 11) is 0. The molecule has 7 aliphatic rings. The summed E-state index contributed by atoms with van der Waals surface area (Å²) in [6.07, 6.45) is 7.15. The van der Waals surface area contributed by atoms with Gasteiger partial charge in [-0.1, -0.05) is 48.5 Å². The summed E-state index contributed by atoms with van der Waals surface area (Å²) in [6, 6.07) is 0. The van der Waals surface area contributed by atoms with Crippen LogP contribution in [-0.4, -0.2) is 67.7 Å². The number of ether oxygens (including phenoxy) is 4. The third-order valence-corrected chi connectivity index (χ3v) is 15.3. The minimum absolute atomic E-state index is 0.00697. The monoisotopic (exact) mass is 602 g/mol. The molecule has 244 valence electrons. The second-order valence-electron chi connectivity index (χ2n) is 17.3. The number of primary amides is 1. The molecule has 0 aromatic carbocycles. The number of aliphatic hydroxyl groups is 1. The Labute approximate surface area is 258 Å². The summed E-state index contributed by atoms with van der Waals surface area (Å²) in [5.74, 6) is 1.87. The first kappa shape index (κ1) is 30.7. The zero-order valence-electron chi connectivity index (χ0n) is 27.7. The highest BCUT2D eigenvalue weighted by Crippen LogP contribution is 2.89. The van der Waals surface area contributed by atoms with Crippen molar-refractivity contribution in [3.63, 3.8) is 0 Å². The van der Waals surface area contributed by atoms with Crippen molar-refractivity contribution >= 4 is 6.09 Å². The van der Waals surface area contributed by atoms with E-state index in [0.29, 0.717) is 34.5 Å². The average Bonchev–Trinajstić information content (AvgIpc) is 3.58. The van der Waals surface area contributed by atoms with Gasteiger partial charge >= 0.3 is 6.09 Å². The first-order valence-corrected chi connectivity index (χ1v) is 17.5. The Morgan fingerprint density at radius 1 is 1.05 bits per heavy atom. The number of hydrogen-bond acceptors (Lipinski definition) is 7. The fourth-order valence-corrected chi connectivity index (χ4v) is 13.4. The molecule has 7 rings (SSSR count). The number of carbonyl (C=O) groups excluding carboxylic acids is 1. The van der Waals surface area contributed by atoms with Gasteiger partial charge in [0.15, 0.2) is 6.29 Å². The van der Waals surface area contributed by atoms with Gasteiger partial charge in [0.05, 0.1) is 31.0 Å². The maximum absolute atomic E-state index is 12.5. The SMILES string of the molecule is CC(C)[C@@H](OC(N)=O)C1C[C@@H](C)[C@H]2C(O1)[C@H](O)[C@@]1(C)[C@@H]3CC[C@H]4C(C)(C)C(O[C@H]5CNCCO5)CC[C@@]45C[C@@]35CC[C@]21C. The molecule has 5 aliphatic carbocycles. The maximum Gasteiger partial charge on any atom is 0.404 e. The van der Waals surface area contributed by atoms with Crippen LogP contribution in [0.5, 0.6) is 0 Å². The van der Waals surface area contributed by atoms with Crippen molar-refractivity contribution in [3.05, 3.63) is 0 Å². The highest BCUT2D eigenvalue weighted by Gasteiger charge is 2.84. The van der Waals surface area contributed by atoms with Crippen molar-refractivity contribution in [3.8, 4) is 0 Å². The van der Waals surface area contributed by atoms with Gasteiger partial charge in [0.2, 0.25) is 0 Å². The molecular weight excluding hydrogens is 544 g/mol. The van der Waals surface area contributed by atoms with Crippen molar-refractivity contribution in [2.45, 2.75) is 137 Å². The van der Waals surface area contributed by atoms with Crippen LogP contribution in [0, 0.1) is 56.7 Å². The second-order valence-corrected chi connectivity index (χ2v) is 17.3. The largest absolute Gasteiger partial charge is 0.443 e. The van der Waals surface area contributed by atoms with Crippen LogP contribution in [0.15, 0.2) is 0 Å². The summed E-state index contributed by atoms with van der Waals surface area (Å²) < 4.78 is 25.1. The molecule has 4 N–H and O–H groups in total. The second kappa shape index (κ2) is 10.0. The Hall–Kier alpha value is -0.930. The van der Waals surface area contributed by atoms with Crippen molar-refractivity contribution in [1.82, 2.24) is 5.32 Å². The van der Waals surface area contributed by atoms with Crippen molar-refractivity contribution in [2.75, 3.05) is 19.7 Å². The van der Waals surface area contributed by atoms with E-state index in [9.17, 15) is 9.90 Å². The number of hydrogen-bond donors (Lipinski definition) is 3. The first-order valence-electron chi connectivity index (χ1n) is 17.5. The summed E-state index contributed by atoms with van der Waals surface area (Å²) in [5.41, 5.74) is 6.03. The smallest absolute Gasteiger partial charge is 0.404 e. The number of nitrogens with two attached hydrogens (primary N) is 1. The lowest BCUT2D eigenvalue weighted by molar-refractivity contribution is -0.237. The molecule has 3 unspecified atom stereocenters. The van der Waals surface area contributed by atoms with E-state index >= 15 is 0 Å². The molecule has 7 fully saturated rings. The van der Waals surface area contributed by atoms with Crippen LogP contribution in [0.3, 0.4) is 0 Å². The van der Waals surface area contributed by atoms with E-state index in [4.69, 9.17) is 24.7 Å². The molecule has 8 nitrogen and oxygen atoms in total. The van der Waals surface area contributed by atoms with Gasteiger partial charge in [0, 0.05) is 18.5 Å². The van der Waals surface area contributed by atoms with E-state index in [-0.39, 0.29) is 46.8 Å². The Morgan fingerprint density at radius 3 is 2.44 bits per heavy atom. The number of morpholine rings is 1. The molecule has 1 amide bonds. The molecule has 2 saturated heterocycles. The van der Waals surface area contributed by atoms with Crippen molar-refractivity contribution in [1.29, 1.82) is 0 Å². The number of amides is 1. The number of fused-ring (bicyclic) bond motifs is 4. The minimum atomic E-state index is -0.750. The van der Waals surface area contributed by atoms with Gasteiger partial charge < -0.3 is 35.1 Å². The third-order valence-electron chi connectivity index (χ3n) is 15.3. The molecule has 2 heterocycles. The van der Waals surface area contributed by atoms with E-state index in [1.807, 2.05) is 0 Å². The van der Waals surface area contributed by atoms with E-state index < -0.39 is 18.3 Å². The highest BCUT2D eigenvalue weighted by molar-refractivity contribution is 5.64. The van der Waals surface area contributed by atoms with E-state index in [1.54, 1.807) is 0 Å². The minimum Gasteiger partial charge on any atom is -0.443 e. The van der Waals surface area contributed by atoms with Crippen LogP contribution in [0.1, 0.15) is 99.8 Å². The molecule has 5 saturated carbocycles. The van der Waals surface area contributed by atoms with Crippen molar-refractivity contribution in [2.24, 2.45) is 62.4 Å². The van der Waals surface area contributed by atoms with Gasteiger partial charge in [-0.15, -0.1) is 0 Å². The van der Waals surface area contributed by atoms with Gasteiger partial charge in [-0.3, -0.25) is 0 Å². The fourth-order valence-electron chi connectivity index (χ4n) is 13.4.